The summed E-state index contributed by atoms with van der Waals surface area (Å²) in [5.41, 5.74) is 0.784. The van der Waals surface area contributed by atoms with Crippen LogP contribution in [0.2, 0.25) is 5.02 Å². The van der Waals surface area contributed by atoms with E-state index in [1.54, 1.807) is 13.2 Å². The number of halogens is 2. The lowest BCUT2D eigenvalue weighted by molar-refractivity contribution is -0.130. The Morgan fingerprint density at radius 2 is 2.08 bits per heavy atom. The number of nitrogens with zero attached hydrogens (tertiary/aromatic N) is 2. The highest BCUT2D eigenvalue weighted by Crippen LogP contribution is 2.32. The fourth-order valence-electron chi connectivity index (χ4n) is 2.55. The first-order valence-electron chi connectivity index (χ1n) is 7.93. The molecular formula is C17H23ClIN3O2. The van der Waals surface area contributed by atoms with E-state index in [9.17, 15) is 4.79 Å². The molecule has 0 aromatic heterocycles. The van der Waals surface area contributed by atoms with E-state index in [-0.39, 0.29) is 12.5 Å². The lowest BCUT2D eigenvalue weighted by Crippen LogP contribution is -2.50. The molecule has 0 spiro atoms. The van der Waals surface area contributed by atoms with E-state index in [1.807, 2.05) is 17.9 Å². The fraction of sp³-hybridized carbons (Fsp3) is 0.471. The Hall–Kier alpha value is -0.990. The molecule has 1 heterocycles. The molecule has 132 valence electrons. The molecule has 0 radical (unpaired) electrons. The molecule has 24 heavy (non-hydrogen) atoms. The van der Waals surface area contributed by atoms with Gasteiger partial charge in [-0.2, -0.15) is 0 Å². The van der Waals surface area contributed by atoms with Gasteiger partial charge >= 0.3 is 0 Å². The molecule has 1 aliphatic rings. The zero-order chi connectivity index (χ0) is 17.5. The van der Waals surface area contributed by atoms with Crippen molar-refractivity contribution < 1.29 is 9.53 Å². The Morgan fingerprint density at radius 1 is 1.38 bits per heavy atom. The number of piperazine rings is 1. The summed E-state index contributed by atoms with van der Waals surface area (Å²) < 4.78 is 6.24. The number of allylic oxidation sites excluding steroid dienone is 1. The lowest BCUT2D eigenvalue weighted by atomic mass is 10.2. The topological polar surface area (TPSA) is 44.8 Å². The average Bonchev–Trinajstić information content (AvgIpc) is 2.60. The van der Waals surface area contributed by atoms with Gasteiger partial charge in [0.1, 0.15) is 5.75 Å². The van der Waals surface area contributed by atoms with Crippen molar-refractivity contribution in [1.29, 1.82) is 0 Å². The smallest absolute Gasteiger partial charge is 0.241 e. The molecule has 1 aliphatic heterocycles. The molecule has 0 saturated carbocycles. The van der Waals surface area contributed by atoms with Crippen LogP contribution >= 0.6 is 34.2 Å². The molecule has 1 N–H and O–H groups in total. The molecule has 0 atom stereocenters. The standard InChI is InChI=1S/C17H23ClIN3O2/c1-3-4-5-21-6-8-22(9-7-21)17(23)12-20-15-11-14(19)13(18)10-16(15)24-2/h3-4,10-11,20H,5-9,12H2,1-2H3/b4-3+. The second kappa shape index (κ2) is 9.48. The van der Waals surface area contributed by atoms with Gasteiger partial charge in [0.15, 0.2) is 0 Å². The van der Waals surface area contributed by atoms with Crippen LogP contribution in [0.4, 0.5) is 5.69 Å². The second-order valence-corrected chi connectivity index (χ2v) is 7.14. The summed E-state index contributed by atoms with van der Waals surface area (Å²) >= 11 is 8.26. The van der Waals surface area contributed by atoms with Crippen LogP contribution in [0, 0.1) is 3.57 Å². The molecule has 7 heteroatoms. The summed E-state index contributed by atoms with van der Waals surface area (Å²) in [6, 6.07) is 3.65. The van der Waals surface area contributed by atoms with Crippen molar-refractivity contribution in [3.05, 3.63) is 32.9 Å². The highest BCUT2D eigenvalue weighted by Gasteiger charge is 2.20. The number of carbonyl (C=O) groups excluding carboxylic acids is 1. The van der Waals surface area contributed by atoms with Gasteiger partial charge < -0.3 is 15.0 Å². The van der Waals surface area contributed by atoms with Crippen molar-refractivity contribution in [3.63, 3.8) is 0 Å². The molecule has 1 saturated heterocycles. The Kier molecular flexibility index (Phi) is 7.64. The van der Waals surface area contributed by atoms with Gasteiger partial charge in [-0.3, -0.25) is 9.69 Å². The summed E-state index contributed by atoms with van der Waals surface area (Å²) in [6.45, 7) is 6.61. The van der Waals surface area contributed by atoms with E-state index in [0.717, 1.165) is 42.0 Å². The number of nitrogens with one attached hydrogen (secondary N) is 1. The predicted octanol–water partition coefficient (Wildman–Crippen LogP) is 3.09. The zero-order valence-electron chi connectivity index (χ0n) is 14.0. The number of amides is 1. The van der Waals surface area contributed by atoms with Crippen molar-refractivity contribution in [2.75, 3.05) is 51.7 Å². The Labute approximate surface area is 162 Å². The van der Waals surface area contributed by atoms with Crippen molar-refractivity contribution in [1.82, 2.24) is 9.80 Å². The quantitative estimate of drug-likeness (QED) is 0.520. The molecule has 1 fully saturated rings. The summed E-state index contributed by atoms with van der Waals surface area (Å²) in [4.78, 5) is 16.7. The minimum atomic E-state index is 0.104. The number of benzene rings is 1. The van der Waals surface area contributed by atoms with Gasteiger partial charge in [-0.15, -0.1) is 0 Å². The maximum atomic E-state index is 12.4. The maximum absolute atomic E-state index is 12.4. The zero-order valence-corrected chi connectivity index (χ0v) is 16.9. The second-order valence-electron chi connectivity index (χ2n) is 5.57. The van der Waals surface area contributed by atoms with Crippen LogP contribution in [0.25, 0.3) is 0 Å². The van der Waals surface area contributed by atoms with E-state index in [2.05, 4.69) is 45.0 Å². The first kappa shape index (κ1) is 19.3. The predicted molar refractivity (Wildman–Crippen MR) is 107 cm³/mol. The first-order chi connectivity index (χ1) is 11.5. The van der Waals surface area contributed by atoms with Crippen LogP contribution in [0.5, 0.6) is 5.75 Å². The van der Waals surface area contributed by atoms with Crippen molar-refractivity contribution in [2.24, 2.45) is 0 Å². The molecule has 0 bridgehead atoms. The van der Waals surface area contributed by atoms with Crippen LogP contribution in [0.3, 0.4) is 0 Å². The van der Waals surface area contributed by atoms with Gasteiger partial charge in [0.2, 0.25) is 5.91 Å². The van der Waals surface area contributed by atoms with E-state index in [4.69, 9.17) is 16.3 Å². The van der Waals surface area contributed by atoms with Gasteiger partial charge in [-0.25, -0.2) is 0 Å². The summed E-state index contributed by atoms with van der Waals surface area (Å²) in [6.07, 6.45) is 4.20. The Morgan fingerprint density at radius 3 is 2.71 bits per heavy atom. The molecule has 2 rings (SSSR count). The summed E-state index contributed by atoms with van der Waals surface area (Å²) in [5, 5.41) is 3.81. The number of methoxy groups -OCH3 is 1. The summed E-state index contributed by atoms with van der Waals surface area (Å²) in [7, 11) is 1.59. The highest BCUT2D eigenvalue weighted by molar-refractivity contribution is 14.1. The van der Waals surface area contributed by atoms with Crippen LogP contribution in [-0.2, 0) is 4.79 Å². The molecule has 5 nitrogen and oxygen atoms in total. The molecular weight excluding hydrogens is 441 g/mol. The van der Waals surface area contributed by atoms with Crippen LogP contribution in [0.1, 0.15) is 6.92 Å². The Balaban J connectivity index is 1.87. The van der Waals surface area contributed by atoms with Gasteiger partial charge in [-0.05, 0) is 35.6 Å². The third-order valence-corrected chi connectivity index (χ3v) is 5.52. The van der Waals surface area contributed by atoms with E-state index >= 15 is 0 Å². The monoisotopic (exact) mass is 463 g/mol. The van der Waals surface area contributed by atoms with Gasteiger partial charge in [0.25, 0.3) is 0 Å². The summed E-state index contributed by atoms with van der Waals surface area (Å²) in [5.74, 6) is 0.747. The van der Waals surface area contributed by atoms with Crippen molar-refractivity contribution in [3.8, 4) is 5.75 Å². The minimum Gasteiger partial charge on any atom is -0.495 e. The van der Waals surface area contributed by atoms with E-state index < -0.39 is 0 Å². The number of ether oxygens (including phenoxy) is 1. The number of hydrogen-bond donors (Lipinski definition) is 1. The number of carbonyl (C=O) groups is 1. The molecule has 1 aromatic rings. The molecule has 1 amide bonds. The number of hydrogen-bond acceptors (Lipinski definition) is 4. The average molecular weight is 464 g/mol. The van der Waals surface area contributed by atoms with E-state index in [1.165, 1.54) is 0 Å². The van der Waals surface area contributed by atoms with Crippen molar-refractivity contribution in [2.45, 2.75) is 6.92 Å². The van der Waals surface area contributed by atoms with Crippen molar-refractivity contribution >= 4 is 45.8 Å². The van der Waals surface area contributed by atoms with Gasteiger partial charge in [0, 0.05) is 42.4 Å². The first-order valence-corrected chi connectivity index (χ1v) is 9.39. The lowest BCUT2D eigenvalue weighted by Gasteiger charge is -2.34. The normalized spacial score (nSPS) is 15.8. The SMILES string of the molecule is C/C=C/CN1CCN(C(=O)CNc2cc(I)c(Cl)cc2OC)CC1. The maximum Gasteiger partial charge on any atom is 0.241 e. The largest absolute Gasteiger partial charge is 0.495 e. The third kappa shape index (κ3) is 5.26. The third-order valence-electron chi connectivity index (χ3n) is 4.00. The number of anilines is 1. The van der Waals surface area contributed by atoms with Crippen LogP contribution < -0.4 is 10.1 Å². The molecule has 0 unspecified atom stereocenters. The molecule has 1 aromatic carbocycles. The van der Waals surface area contributed by atoms with Gasteiger partial charge in [-0.1, -0.05) is 23.8 Å². The van der Waals surface area contributed by atoms with Crippen LogP contribution in [-0.4, -0.2) is 62.1 Å². The fourth-order valence-corrected chi connectivity index (χ4v) is 3.17. The number of rotatable bonds is 6. The van der Waals surface area contributed by atoms with Gasteiger partial charge in [0.05, 0.1) is 24.4 Å². The van der Waals surface area contributed by atoms with E-state index in [0.29, 0.717) is 10.8 Å². The van der Waals surface area contributed by atoms with Crippen LogP contribution in [0.15, 0.2) is 24.3 Å². The Bertz CT molecular complexity index is 602. The minimum absolute atomic E-state index is 0.104. The molecule has 0 aliphatic carbocycles. The highest BCUT2D eigenvalue weighted by atomic mass is 127.